The van der Waals surface area contributed by atoms with Crippen molar-refractivity contribution in [1.82, 2.24) is 9.97 Å². The molecule has 20 heavy (non-hydrogen) atoms. The average Bonchev–Trinajstić information content (AvgIpc) is 2.49. The molecular formula is C16H19N3S. The molecule has 0 atom stereocenters. The van der Waals surface area contributed by atoms with Gasteiger partial charge in [0.25, 0.3) is 0 Å². The summed E-state index contributed by atoms with van der Waals surface area (Å²) in [5, 5.41) is 1.69. The van der Waals surface area contributed by atoms with E-state index in [4.69, 9.17) is 5.73 Å². The Morgan fingerprint density at radius 1 is 1.00 bits per heavy atom. The van der Waals surface area contributed by atoms with Crippen LogP contribution in [0.15, 0.2) is 41.4 Å². The topological polar surface area (TPSA) is 51.8 Å². The van der Waals surface area contributed by atoms with E-state index in [9.17, 15) is 0 Å². The molecule has 0 aliphatic heterocycles. The summed E-state index contributed by atoms with van der Waals surface area (Å²) in [7, 11) is 0. The second-order valence-corrected chi connectivity index (χ2v) is 6.52. The maximum Gasteiger partial charge on any atom is 0.162 e. The van der Waals surface area contributed by atoms with Gasteiger partial charge in [-0.05, 0) is 12.8 Å². The van der Waals surface area contributed by atoms with Crippen molar-refractivity contribution in [2.45, 2.75) is 42.4 Å². The second-order valence-electron chi connectivity index (χ2n) is 5.20. The number of hydrogen-bond acceptors (Lipinski definition) is 4. The van der Waals surface area contributed by atoms with Gasteiger partial charge in [0, 0.05) is 16.9 Å². The lowest BCUT2D eigenvalue weighted by molar-refractivity contribution is 0.515. The van der Waals surface area contributed by atoms with Gasteiger partial charge in [-0.2, -0.15) is 0 Å². The van der Waals surface area contributed by atoms with E-state index in [0.717, 1.165) is 16.4 Å². The van der Waals surface area contributed by atoms with Crippen LogP contribution in [0.1, 0.15) is 32.1 Å². The van der Waals surface area contributed by atoms with Gasteiger partial charge in [-0.1, -0.05) is 49.6 Å². The lowest BCUT2D eigenvalue weighted by Gasteiger charge is -2.20. The van der Waals surface area contributed by atoms with Gasteiger partial charge in [0.15, 0.2) is 5.82 Å². The summed E-state index contributed by atoms with van der Waals surface area (Å²) in [5.74, 6) is 1.28. The first kappa shape index (κ1) is 13.4. The number of rotatable bonds is 3. The van der Waals surface area contributed by atoms with Gasteiger partial charge in [-0.3, -0.25) is 0 Å². The van der Waals surface area contributed by atoms with Crippen LogP contribution in [0.5, 0.6) is 0 Å². The second kappa shape index (κ2) is 6.27. The number of nitrogens with two attached hydrogens (primary N) is 1. The van der Waals surface area contributed by atoms with Crippen LogP contribution in [0.4, 0.5) is 5.82 Å². The highest BCUT2D eigenvalue weighted by atomic mass is 32.2. The third-order valence-electron chi connectivity index (χ3n) is 3.59. The minimum absolute atomic E-state index is 0.553. The first-order chi connectivity index (χ1) is 9.81. The van der Waals surface area contributed by atoms with Gasteiger partial charge < -0.3 is 5.73 Å². The Labute approximate surface area is 124 Å². The Morgan fingerprint density at radius 2 is 1.75 bits per heavy atom. The normalized spacial score (nSPS) is 16.2. The van der Waals surface area contributed by atoms with Crippen LogP contribution in [0.25, 0.3) is 11.4 Å². The van der Waals surface area contributed by atoms with Gasteiger partial charge >= 0.3 is 0 Å². The van der Waals surface area contributed by atoms with E-state index in [0.29, 0.717) is 11.1 Å². The molecule has 0 unspecified atom stereocenters. The number of nitrogen functional groups attached to an aromatic ring is 1. The molecule has 4 heteroatoms. The fourth-order valence-corrected chi connectivity index (χ4v) is 3.81. The molecule has 104 valence electrons. The first-order valence-corrected chi connectivity index (χ1v) is 8.06. The Hall–Kier alpha value is -1.55. The van der Waals surface area contributed by atoms with E-state index < -0.39 is 0 Å². The molecule has 1 fully saturated rings. The lowest BCUT2D eigenvalue weighted by Crippen LogP contribution is -2.08. The van der Waals surface area contributed by atoms with E-state index in [-0.39, 0.29) is 0 Å². The van der Waals surface area contributed by atoms with Crippen LogP contribution in [-0.4, -0.2) is 15.2 Å². The lowest BCUT2D eigenvalue weighted by atomic mass is 10.0. The van der Waals surface area contributed by atoms with Crippen molar-refractivity contribution in [2.75, 3.05) is 5.73 Å². The molecular weight excluding hydrogens is 266 g/mol. The fourth-order valence-electron chi connectivity index (χ4n) is 2.57. The Bertz CT molecular complexity index is 565. The highest BCUT2D eigenvalue weighted by Gasteiger charge is 2.16. The van der Waals surface area contributed by atoms with Gasteiger partial charge in [0.2, 0.25) is 0 Å². The monoisotopic (exact) mass is 285 g/mol. The zero-order chi connectivity index (χ0) is 13.8. The summed E-state index contributed by atoms with van der Waals surface area (Å²) >= 11 is 1.86. The molecule has 0 amide bonds. The molecule has 1 aliphatic rings. The molecule has 2 aromatic rings. The van der Waals surface area contributed by atoms with Crippen molar-refractivity contribution in [3.8, 4) is 11.4 Å². The molecule has 1 saturated carbocycles. The van der Waals surface area contributed by atoms with Gasteiger partial charge in [-0.25, -0.2) is 9.97 Å². The average molecular weight is 285 g/mol. The summed E-state index contributed by atoms with van der Waals surface area (Å²) in [6.45, 7) is 0. The van der Waals surface area contributed by atoms with Crippen LogP contribution >= 0.6 is 11.8 Å². The number of thioether (sulfide) groups is 1. The number of aromatic nitrogens is 2. The van der Waals surface area contributed by atoms with Crippen molar-refractivity contribution >= 4 is 17.6 Å². The van der Waals surface area contributed by atoms with Gasteiger partial charge in [0.1, 0.15) is 10.8 Å². The van der Waals surface area contributed by atoms with E-state index in [2.05, 4.69) is 9.97 Å². The molecule has 0 spiro atoms. The smallest absolute Gasteiger partial charge is 0.162 e. The Kier molecular flexibility index (Phi) is 4.21. The fraction of sp³-hybridized carbons (Fsp3) is 0.375. The quantitative estimate of drug-likeness (QED) is 0.861. The first-order valence-electron chi connectivity index (χ1n) is 7.18. The molecule has 3 nitrogen and oxygen atoms in total. The number of anilines is 1. The molecule has 1 aliphatic carbocycles. The van der Waals surface area contributed by atoms with Crippen LogP contribution < -0.4 is 5.73 Å². The summed E-state index contributed by atoms with van der Waals surface area (Å²) in [5.41, 5.74) is 6.96. The molecule has 1 aromatic carbocycles. The van der Waals surface area contributed by atoms with Crippen molar-refractivity contribution in [3.63, 3.8) is 0 Å². The third kappa shape index (κ3) is 3.31. The predicted molar refractivity (Wildman–Crippen MR) is 84.6 cm³/mol. The van der Waals surface area contributed by atoms with Crippen molar-refractivity contribution < 1.29 is 0 Å². The third-order valence-corrected chi connectivity index (χ3v) is 4.85. The molecule has 0 saturated heterocycles. The number of hydrogen-bond donors (Lipinski definition) is 1. The maximum atomic E-state index is 5.94. The highest BCUT2D eigenvalue weighted by Crippen LogP contribution is 2.33. The minimum atomic E-state index is 0.553. The summed E-state index contributed by atoms with van der Waals surface area (Å²) in [6, 6.07) is 11.9. The van der Waals surface area contributed by atoms with Crippen LogP contribution in [0.3, 0.4) is 0 Å². The maximum absolute atomic E-state index is 5.94. The van der Waals surface area contributed by atoms with Crippen molar-refractivity contribution in [3.05, 3.63) is 36.4 Å². The van der Waals surface area contributed by atoms with E-state index in [1.807, 2.05) is 48.2 Å². The largest absolute Gasteiger partial charge is 0.384 e. The van der Waals surface area contributed by atoms with Crippen molar-refractivity contribution in [2.24, 2.45) is 0 Å². The summed E-state index contributed by atoms with van der Waals surface area (Å²) < 4.78 is 0. The van der Waals surface area contributed by atoms with Crippen LogP contribution in [0, 0.1) is 0 Å². The molecule has 2 N–H and O–H groups in total. The molecule has 3 rings (SSSR count). The highest BCUT2D eigenvalue weighted by molar-refractivity contribution is 7.99. The number of benzene rings is 1. The van der Waals surface area contributed by atoms with E-state index in [1.165, 1.54) is 32.1 Å². The van der Waals surface area contributed by atoms with E-state index in [1.54, 1.807) is 0 Å². The molecule has 0 radical (unpaired) electrons. The Balaban J connectivity index is 1.83. The standard InChI is InChI=1S/C16H19N3S/c17-14-11-15(20-13-9-5-2-6-10-13)19-16(18-14)12-7-3-1-4-8-12/h1,3-4,7-8,11,13H,2,5-6,9-10H2,(H2,17,18,19). The SMILES string of the molecule is Nc1cc(SC2CCCCC2)nc(-c2ccccc2)n1. The summed E-state index contributed by atoms with van der Waals surface area (Å²) in [4.78, 5) is 9.02. The van der Waals surface area contributed by atoms with E-state index >= 15 is 0 Å². The minimum Gasteiger partial charge on any atom is -0.384 e. The van der Waals surface area contributed by atoms with Gasteiger partial charge in [-0.15, -0.1) is 11.8 Å². The predicted octanol–water partition coefficient (Wildman–Crippen LogP) is 4.15. The van der Waals surface area contributed by atoms with Crippen LogP contribution in [-0.2, 0) is 0 Å². The van der Waals surface area contributed by atoms with Crippen molar-refractivity contribution in [1.29, 1.82) is 0 Å². The molecule has 1 heterocycles. The van der Waals surface area contributed by atoms with Crippen LogP contribution in [0.2, 0.25) is 0 Å². The zero-order valence-electron chi connectivity index (χ0n) is 11.5. The molecule has 0 bridgehead atoms. The number of nitrogens with zero attached hydrogens (tertiary/aromatic N) is 2. The Morgan fingerprint density at radius 3 is 2.50 bits per heavy atom. The summed E-state index contributed by atoms with van der Waals surface area (Å²) in [6.07, 6.45) is 6.62. The zero-order valence-corrected chi connectivity index (χ0v) is 12.3. The molecule has 1 aromatic heterocycles. The van der Waals surface area contributed by atoms with Gasteiger partial charge in [0.05, 0.1) is 0 Å².